The summed E-state index contributed by atoms with van der Waals surface area (Å²) in [7, 11) is 0. The molecule has 158 valence electrons. The van der Waals surface area contributed by atoms with Gasteiger partial charge in [-0.05, 0) is 56.9 Å². The van der Waals surface area contributed by atoms with E-state index >= 15 is 0 Å². The molecule has 6 nitrogen and oxygen atoms in total. The van der Waals surface area contributed by atoms with Crippen LogP contribution in [0.3, 0.4) is 0 Å². The molecule has 0 bridgehead atoms. The fourth-order valence-corrected chi connectivity index (χ4v) is 4.93. The zero-order chi connectivity index (χ0) is 21.6. The second kappa shape index (κ2) is 7.38. The number of rotatable bonds is 4. The fraction of sp³-hybridized carbons (Fsp3) is 0.435. The molecular formula is C23H26FN3O3. The average Bonchev–Trinajstić information content (AvgIpc) is 3.12. The van der Waals surface area contributed by atoms with Crippen LogP contribution in [-0.4, -0.2) is 39.3 Å². The second-order valence-electron chi connectivity index (χ2n) is 8.46. The smallest absolute Gasteiger partial charge is 0.323 e. The number of aromatic nitrogens is 1. The van der Waals surface area contributed by atoms with Crippen LogP contribution in [0.25, 0.3) is 5.69 Å². The first-order chi connectivity index (χ1) is 14.2. The largest absolute Gasteiger partial charge is 0.325 e. The number of aryl methyl sites for hydroxylation is 1. The first-order valence-corrected chi connectivity index (χ1v) is 10.4. The van der Waals surface area contributed by atoms with Gasteiger partial charge in [0.2, 0.25) is 0 Å². The van der Waals surface area contributed by atoms with Crippen LogP contribution in [-0.2, 0) is 4.79 Å². The summed E-state index contributed by atoms with van der Waals surface area (Å²) in [5.41, 5.74) is 1.59. The van der Waals surface area contributed by atoms with E-state index in [9.17, 15) is 18.8 Å². The monoisotopic (exact) mass is 411 g/mol. The van der Waals surface area contributed by atoms with E-state index in [0.717, 1.165) is 29.9 Å². The molecule has 30 heavy (non-hydrogen) atoms. The lowest BCUT2D eigenvalue weighted by Gasteiger charge is -2.36. The third kappa shape index (κ3) is 3.13. The second-order valence-corrected chi connectivity index (χ2v) is 8.46. The highest BCUT2D eigenvalue weighted by molar-refractivity contribution is 6.11. The minimum absolute atomic E-state index is 0.0424. The molecule has 1 N–H and O–H groups in total. The molecule has 2 heterocycles. The number of amides is 3. The number of imide groups is 1. The molecule has 1 aromatic heterocycles. The van der Waals surface area contributed by atoms with E-state index < -0.39 is 11.6 Å². The minimum Gasteiger partial charge on any atom is -0.323 e. The highest BCUT2D eigenvalue weighted by Crippen LogP contribution is 2.38. The topological polar surface area (TPSA) is 71.4 Å². The number of carbonyl (C=O) groups is 3. The number of nitrogens with zero attached hydrogens (tertiary/aromatic N) is 2. The van der Waals surface area contributed by atoms with Gasteiger partial charge in [-0.2, -0.15) is 0 Å². The molecule has 3 amide bonds. The van der Waals surface area contributed by atoms with E-state index in [1.54, 1.807) is 29.7 Å². The standard InChI is InChI=1S/C23H26FN3O3/c1-14-7-4-5-10-23(14)21(29)26(22(30)25-23)13-20(28)19-11-15(2)27(16(19)3)18-9-6-8-17(24)12-18/h6,8-9,11-12,14H,4-5,7,10,13H2,1-3H3,(H,25,30). The Morgan fingerprint density at radius 1 is 1.23 bits per heavy atom. The summed E-state index contributed by atoms with van der Waals surface area (Å²) in [4.78, 5) is 39.8. The SMILES string of the molecule is Cc1cc(C(=O)CN2C(=O)NC3(CCCCC3C)C2=O)c(C)n1-c1cccc(F)c1. The number of urea groups is 1. The zero-order valence-corrected chi connectivity index (χ0v) is 17.5. The molecule has 2 aliphatic rings. The zero-order valence-electron chi connectivity index (χ0n) is 17.5. The first-order valence-electron chi connectivity index (χ1n) is 10.4. The van der Waals surface area contributed by atoms with Gasteiger partial charge in [0.25, 0.3) is 5.91 Å². The third-order valence-electron chi connectivity index (χ3n) is 6.60. The number of hydrogen-bond acceptors (Lipinski definition) is 3. The Labute approximate surface area is 175 Å². The Balaban J connectivity index is 1.60. The highest BCUT2D eigenvalue weighted by atomic mass is 19.1. The molecule has 1 aliphatic carbocycles. The predicted molar refractivity (Wildman–Crippen MR) is 110 cm³/mol. The normalized spacial score (nSPS) is 23.9. The van der Waals surface area contributed by atoms with Gasteiger partial charge >= 0.3 is 6.03 Å². The molecule has 2 fully saturated rings. The molecule has 1 saturated carbocycles. The van der Waals surface area contributed by atoms with E-state index in [0.29, 0.717) is 23.4 Å². The van der Waals surface area contributed by atoms with E-state index in [4.69, 9.17) is 0 Å². The Kier molecular flexibility index (Phi) is 5.00. The summed E-state index contributed by atoms with van der Waals surface area (Å²) in [6.07, 6.45) is 3.41. The van der Waals surface area contributed by atoms with Crippen LogP contribution in [0, 0.1) is 25.6 Å². The lowest BCUT2D eigenvalue weighted by Crippen LogP contribution is -2.54. The fourth-order valence-electron chi connectivity index (χ4n) is 4.93. The van der Waals surface area contributed by atoms with Gasteiger partial charge in [-0.15, -0.1) is 0 Å². The molecule has 2 aromatic rings. The Morgan fingerprint density at radius 2 is 2.00 bits per heavy atom. The Bertz CT molecular complexity index is 1040. The summed E-state index contributed by atoms with van der Waals surface area (Å²) < 4.78 is 15.5. The Hall–Kier alpha value is -2.96. The molecule has 1 aromatic carbocycles. The molecule has 1 spiro atoms. The van der Waals surface area contributed by atoms with Crippen LogP contribution in [0.2, 0.25) is 0 Å². The summed E-state index contributed by atoms with van der Waals surface area (Å²) in [6, 6.07) is 7.37. The molecule has 2 atom stereocenters. The van der Waals surface area contributed by atoms with Crippen LogP contribution < -0.4 is 5.32 Å². The maximum atomic E-state index is 13.7. The van der Waals surface area contributed by atoms with E-state index in [1.807, 2.05) is 13.8 Å². The average molecular weight is 411 g/mol. The summed E-state index contributed by atoms with van der Waals surface area (Å²) >= 11 is 0. The maximum Gasteiger partial charge on any atom is 0.325 e. The third-order valence-corrected chi connectivity index (χ3v) is 6.60. The molecule has 4 rings (SSSR count). The number of hydrogen-bond donors (Lipinski definition) is 1. The first kappa shape index (κ1) is 20.3. The van der Waals surface area contributed by atoms with Gasteiger partial charge in [0, 0.05) is 22.6 Å². The molecule has 0 radical (unpaired) electrons. The van der Waals surface area contributed by atoms with Crippen molar-refractivity contribution >= 4 is 17.7 Å². The lowest BCUT2D eigenvalue weighted by molar-refractivity contribution is -0.133. The number of benzene rings is 1. The van der Waals surface area contributed by atoms with Gasteiger partial charge in [-0.1, -0.05) is 25.8 Å². The summed E-state index contributed by atoms with van der Waals surface area (Å²) in [5.74, 6) is -0.929. The van der Waals surface area contributed by atoms with Crippen LogP contribution in [0.1, 0.15) is 54.4 Å². The maximum absolute atomic E-state index is 13.7. The van der Waals surface area contributed by atoms with Crippen molar-refractivity contribution < 1.29 is 18.8 Å². The highest BCUT2D eigenvalue weighted by Gasteiger charge is 2.55. The van der Waals surface area contributed by atoms with E-state index in [1.165, 1.54) is 12.1 Å². The molecule has 7 heteroatoms. The van der Waals surface area contributed by atoms with Gasteiger partial charge in [0.15, 0.2) is 5.78 Å². The summed E-state index contributed by atoms with van der Waals surface area (Å²) in [6.45, 7) is 5.30. The molecule has 1 aliphatic heterocycles. The minimum atomic E-state index is -0.881. The number of carbonyl (C=O) groups excluding carboxylic acids is 3. The van der Waals surface area contributed by atoms with Crippen molar-refractivity contribution in [2.75, 3.05) is 6.54 Å². The molecule has 2 unspecified atom stereocenters. The van der Waals surface area contributed by atoms with Gasteiger partial charge in [0.05, 0.1) is 6.54 Å². The number of halogens is 1. The van der Waals surface area contributed by atoms with E-state index in [2.05, 4.69) is 5.32 Å². The molecule has 1 saturated heterocycles. The quantitative estimate of drug-likeness (QED) is 0.612. The number of ketones is 1. The van der Waals surface area contributed by atoms with Crippen molar-refractivity contribution in [3.63, 3.8) is 0 Å². The van der Waals surface area contributed by atoms with Gasteiger partial charge in [-0.3, -0.25) is 14.5 Å². The van der Waals surface area contributed by atoms with Gasteiger partial charge < -0.3 is 9.88 Å². The van der Waals surface area contributed by atoms with Crippen molar-refractivity contribution in [1.82, 2.24) is 14.8 Å². The van der Waals surface area contributed by atoms with E-state index in [-0.39, 0.29) is 30.0 Å². The van der Waals surface area contributed by atoms with Crippen molar-refractivity contribution in [2.24, 2.45) is 5.92 Å². The Morgan fingerprint density at radius 3 is 2.70 bits per heavy atom. The van der Waals surface area contributed by atoms with Crippen LogP contribution in [0.15, 0.2) is 30.3 Å². The lowest BCUT2D eigenvalue weighted by atomic mass is 9.73. The van der Waals surface area contributed by atoms with Crippen molar-refractivity contribution in [3.8, 4) is 5.69 Å². The van der Waals surface area contributed by atoms with Crippen LogP contribution >= 0.6 is 0 Å². The van der Waals surface area contributed by atoms with Gasteiger partial charge in [-0.25, -0.2) is 9.18 Å². The number of Topliss-reactive ketones (excluding diaryl/α,β-unsaturated/α-hetero) is 1. The number of nitrogens with one attached hydrogen (secondary N) is 1. The van der Waals surface area contributed by atoms with Crippen LogP contribution in [0.5, 0.6) is 0 Å². The summed E-state index contributed by atoms with van der Waals surface area (Å²) in [5, 5.41) is 2.88. The van der Waals surface area contributed by atoms with Crippen molar-refractivity contribution in [2.45, 2.75) is 52.0 Å². The van der Waals surface area contributed by atoms with Crippen molar-refractivity contribution in [3.05, 3.63) is 53.1 Å². The van der Waals surface area contributed by atoms with Crippen molar-refractivity contribution in [1.29, 1.82) is 0 Å². The predicted octanol–water partition coefficient (Wildman–Crippen LogP) is 3.92. The van der Waals surface area contributed by atoms with Gasteiger partial charge in [0.1, 0.15) is 11.4 Å². The van der Waals surface area contributed by atoms with Crippen LogP contribution in [0.4, 0.5) is 9.18 Å². The molecular weight excluding hydrogens is 385 g/mol.